The van der Waals surface area contributed by atoms with E-state index >= 15 is 0 Å². The highest BCUT2D eigenvalue weighted by atomic mass is 16.6. The van der Waals surface area contributed by atoms with Gasteiger partial charge in [-0.2, -0.15) is 0 Å². The number of carbonyl (C=O) groups is 1. The lowest BCUT2D eigenvalue weighted by molar-refractivity contribution is -0.130. The number of pyridine rings is 1. The molecule has 0 saturated carbocycles. The van der Waals surface area contributed by atoms with Crippen molar-refractivity contribution >= 4 is 5.91 Å². The fraction of sp³-hybridized carbons (Fsp3) is 0.158. The lowest BCUT2D eigenvalue weighted by Gasteiger charge is -2.25. The molecule has 6 heteroatoms. The fourth-order valence-electron chi connectivity index (χ4n) is 2.61. The van der Waals surface area contributed by atoms with Crippen LogP contribution in [0.4, 0.5) is 0 Å². The van der Waals surface area contributed by atoms with E-state index in [1.54, 1.807) is 24.7 Å². The molecular formula is C19H16N2O4. The molecule has 1 unspecified atom stereocenters. The van der Waals surface area contributed by atoms with E-state index in [-0.39, 0.29) is 12.5 Å². The Hall–Kier alpha value is -3.28. The van der Waals surface area contributed by atoms with E-state index in [0.717, 1.165) is 16.9 Å². The van der Waals surface area contributed by atoms with E-state index in [1.807, 2.05) is 36.4 Å². The number of benzene rings is 1. The van der Waals surface area contributed by atoms with Gasteiger partial charge in [-0.3, -0.25) is 9.78 Å². The Bertz CT molecular complexity index is 877. The third-order valence-corrected chi connectivity index (χ3v) is 3.87. The van der Waals surface area contributed by atoms with Crippen molar-refractivity contribution in [1.82, 2.24) is 10.3 Å². The van der Waals surface area contributed by atoms with Crippen LogP contribution in [0, 0.1) is 0 Å². The number of amides is 1. The molecule has 0 fully saturated rings. The topological polar surface area (TPSA) is 73.6 Å². The monoisotopic (exact) mass is 336 g/mol. The molecule has 1 atom stereocenters. The predicted molar refractivity (Wildman–Crippen MR) is 90.1 cm³/mol. The Labute approximate surface area is 144 Å². The molecular weight excluding hydrogens is 320 g/mol. The van der Waals surface area contributed by atoms with Gasteiger partial charge in [0.05, 0.1) is 6.26 Å². The summed E-state index contributed by atoms with van der Waals surface area (Å²) in [6, 6.07) is 12.9. The van der Waals surface area contributed by atoms with E-state index in [9.17, 15) is 4.79 Å². The van der Waals surface area contributed by atoms with Gasteiger partial charge >= 0.3 is 0 Å². The predicted octanol–water partition coefficient (Wildman–Crippen LogP) is 2.80. The first kappa shape index (κ1) is 15.3. The Morgan fingerprint density at radius 3 is 2.88 bits per heavy atom. The second-order valence-electron chi connectivity index (χ2n) is 5.64. The molecule has 0 radical (unpaired) electrons. The molecule has 0 saturated heterocycles. The van der Waals surface area contributed by atoms with Crippen LogP contribution >= 0.6 is 0 Å². The zero-order chi connectivity index (χ0) is 17.1. The molecule has 0 spiro atoms. The maximum atomic E-state index is 12.3. The van der Waals surface area contributed by atoms with E-state index in [4.69, 9.17) is 13.9 Å². The summed E-state index contributed by atoms with van der Waals surface area (Å²) >= 11 is 0. The molecule has 3 heterocycles. The molecule has 1 aliphatic rings. The maximum Gasteiger partial charge on any atom is 0.264 e. The molecule has 1 aromatic carbocycles. The molecule has 2 aromatic heterocycles. The lowest BCUT2D eigenvalue weighted by atomic mass is 10.1. The SMILES string of the molecule is O=C(NCc1cncc(-c2ccco2)c1)C1COc2ccccc2O1. The minimum absolute atomic E-state index is 0.188. The Morgan fingerprint density at radius 1 is 1.16 bits per heavy atom. The van der Waals surface area contributed by atoms with Crippen LogP contribution in [0.3, 0.4) is 0 Å². The van der Waals surface area contributed by atoms with Crippen molar-refractivity contribution in [3.05, 3.63) is 66.7 Å². The van der Waals surface area contributed by atoms with Gasteiger partial charge in [-0.1, -0.05) is 12.1 Å². The summed E-state index contributed by atoms with van der Waals surface area (Å²) in [5.74, 6) is 1.75. The maximum absolute atomic E-state index is 12.3. The molecule has 3 aromatic rings. The van der Waals surface area contributed by atoms with Gasteiger partial charge < -0.3 is 19.2 Å². The van der Waals surface area contributed by atoms with Gasteiger partial charge in [0.25, 0.3) is 5.91 Å². The summed E-state index contributed by atoms with van der Waals surface area (Å²) < 4.78 is 16.6. The summed E-state index contributed by atoms with van der Waals surface area (Å²) in [7, 11) is 0. The van der Waals surface area contributed by atoms with Gasteiger partial charge in [0.1, 0.15) is 12.4 Å². The van der Waals surface area contributed by atoms with Gasteiger partial charge in [-0.05, 0) is 35.9 Å². The van der Waals surface area contributed by atoms with Gasteiger partial charge in [-0.15, -0.1) is 0 Å². The van der Waals surface area contributed by atoms with Crippen LogP contribution in [0.1, 0.15) is 5.56 Å². The Kier molecular flexibility index (Phi) is 4.08. The lowest BCUT2D eigenvalue weighted by Crippen LogP contribution is -2.43. The average molecular weight is 336 g/mol. The summed E-state index contributed by atoms with van der Waals surface area (Å²) in [6.45, 7) is 0.537. The number of nitrogens with one attached hydrogen (secondary N) is 1. The van der Waals surface area contributed by atoms with Crippen LogP contribution < -0.4 is 14.8 Å². The van der Waals surface area contributed by atoms with Crippen molar-refractivity contribution in [3.8, 4) is 22.8 Å². The minimum atomic E-state index is -0.670. The number of carbonyl (C=O) groups excluding carboxylic acids is 1. The van der Waals surface area contributed by atoms with Gasteiger partial charge in [0, 0.05) is 24.5 Å². The van der Waals surface area contributed by atoms with Crippen LogP contribution in [0.5, 0.6) is 11.5 Å². The largest absolute Gasteiger partial charge is 0.485 e. The van der Waals surface area contributed by atoms with Crippen molar-refractivity contribution in [3.63, 3.8) is 0 Å². The molecule has 0 bridgehead atoms. The van der Waals surface area contributed by atoms with Crippen LogP contribution in [-0.4, -0.2) is 23.6 Å². The van der Waals surface area contributed by atoms with Crippen molar-refractivity contribution in [2.45, 2.75) is 12.6 Å². The molecule has 0 aliphatic carbocycles. The van der Waals surface area contributed by atoms with Gasteiger partial charge in [0.2, 0.25) is 6.10 Å². The first-order chi connectivity index (χ1) is 12.3. The van der Waals surface area contributed by atoms with E-state index in [1.165, 1.54) is 0 Å². The van der Waals surface area contributed by atoms with Crippen LogP contribution in [0.15, 0.2) is 65.5 Å². The normalized spacial score (nSPS) is 15.6. The van der Waals surface area contributed by atoms with Crippen LogP contribution in [-0.2, 0) is 11.3 Å². The smallest absolute Gasteiger partial charge is 0.264 e. The molecule has 1 aliphatic heterocycles. The standard InChI is InChI=1S/C19H16N2O4/c22-19(18-12-24-16-4-1-2-5-17(16)25-18)21-10-13-8-14(11-20-9-13)15-6-3-7-23-15/h1-9,11,18H,10,12H2,(H,21,22). The van der Waals surface area contributed by atoms with E-state index in [0.29, 0.717) is 18.0 Å². The summed E-state index contributed by atoms with van der Waals surface area (Å²) in [6.07, 6.45) is 4.37. The molecule has 25 heavy (non-hydrogen) atoms. The third kappa shape index (κ3) is 3.33. The van der Waals surface area contributed by atoms with Gasteiger partial charge in [0.15, 0.2) is 11.5 Å². The van der Waals surface area contributed by atoms with Gasteiger partial charge in [-0.25, -0.2) is 0 Å². The number of fused-ring (bicyclic) bond motifs is 1. The number of para-hydroxylation sites is 2. The molecule has 6 nitrogen and oxygen atoms in total. The Morgan fingerprint density at radius 2 is 2.04 bits per heavy atom. The minimum Gasteiger partial charge on any atom is -0.485 e. The molecule has 1 amide bonds. The Balaban J connectivity index is 1.39. The number of furan rings is 1. The highest BCUT2D eigenvalue weighted by Crippen LogP contribution is 2.30. The summed E-state index contributed by atoms with van der Waals surface area (Å²) in [4.78, 5) is 16.5. The zero-order valence-corrected chi connectivity index (χ0v) is 13.3. The van der Waals surface area contributed by atoms with Crippen LogP contribution in [0.25, 0.3) is 11.3 Å². The van der Waals surface area contributed by atoms with Crippen LogP contribution in [0.2, 0.25) is 0 Å². The van der Waals surface area contributed by atoms with E-state index in [2.05, 4.69) is 10.3 Å². The highest BCUT2D eigenvalue weighted by Gasteiger charge is 2.26. The average Bonchev–Trinajstić information content (AvgIpc) is 3.21. The zero-order valence-electron chi connectivity index (χ0n) is 13.3. The fourth-order valence-corrected chi connectivity index (χ4v) is 2.61. The highest BCUT2D eigenvalue weighted by molar-refractivity contribution is 5.81. The van der Waals surface area contributed by atoms with Crippen molar-refractivity contribution < 1.29 is 18.7 Å². The quantitative estimate of drug-likeness (QED) is 0.793. The molecule has 4 rings (SSSR count). The second-order valence-corrected chi connectivity index (χ2v) is 5.64. The first-order valence-corrected chi connectivity index (χ1v) is 7.93. The number of hydrogen-bond acceptors (Lipinski definition) is 5. The van der Waals surface area contributed by atoms with Crippen molar-refractivity contribution in [2.24, 2.45) is 0 Å². The number of rotatable bonds is 4. The second kappa shape index (κ2) is 6.68. The molecule has 1 N–H and O–H groups in total. The number of nitrogens with zero attached hydrogens (tertiary/aromatic N) is 1. The molecule has 126 valence electrons. The number of aromatic nitrogens is 1. The summed E-state index contributed by atoms with van der Waals surface area (Å²) in [5.41, 5.74) is 1.74. The van der Waals surface area contributed by atoms with E-state index < -0.39 is 6.10 Å². The number of ether oxygens (including phenoxy) is 2. The third-order valence-electron chi connectivity index (χ3n) is 3.87. The van der Waals surface area contributed by atoms with Crippen molar-refractivity contribution in [2.75, 3.05) is 6.61 Å². The summed E-state index contributed by atoms with van der Waals surface area (Å²) in [5, 5.41) is 2.86. The number of hydrogen-bond donors (Lipinski definition) is 1. The van der Waals surface area contributed by atoms with Crippen molar-refractivity contribution in [1.29, 1.82) is 0 Å². The first-order valence-electron chi connectivity index (χ1n) is 7.93.